The van der Waals surface area contributed by atoms with Crippen LogP contribution < -0.4 is 10.9 Å². The molecular weight excluding hydrogens is 342 g/mol. The Kier molecular flexibility index (Phi) is 4.77. The first-order valence-corrected chi connectivity index (χ1v) is 9.25. The molecule has 1 aliphatic heterocycles. The number of carbonyl (C=O) groups is 1. The highest BCUT2D eigenvalue weighted by Crippen LogP contribution is 2.14. The van der Waals surface area contributed by atoms with E-state index >= 15 is 0 Å². The summed E-state index contributed by atoms with van der Waals surface area (Å²) in [5.74, 6) is -0.225. The Morgan fingerprint density at radius 3 is 2.74 bits per heavy atom. The molecule has 1 amide bonds. The molecule has 2 aromatic heterocycles. The van der Waals surface area contributed by atoms with E-state index in [1.54, 1.807) is 13.1 Å². The number of likely N-dealkylation sites (tertiary alicyclic amines) is 1. The minimum absolute atomic E-state index is 0.134. The Labute approximate surface area is 157 Å². The van der Waals surface area contributed by atoms with Gasteiger partial charge in [0.05, 0.1) is 0 Å². The topological polar surface area (TPSA) is 82.5 Å². The summed E-state index contributed by atoms with van der Waals surface area (Å²) in [6.45, 7) is 4.62. The van der Waals surface area contributed by atoms with Crippen molar-refractivity contribution < 1.29 is 4.79 Å². The van der Waals surface area contributed by atoms with Gasteiger partial charge >= 0.3 is 0 Å². The van der Waals surface area contributed by atoms with Gasteiger partial charge in [-0.2, -0.15) is 5.10 Å². The van der Waals surface area contributed by atoms with Crippen molar-refractivity contribution in [2.24, 2.45) is 0 Å². The van der Waals surface area contributed by atoms with Crippen LogP contribution in [0.15, 0.2) is 47.4 Å². The van der Waals surface area contributed by atoms with Crippen molar-refractivity contribution in [3.05, 3.63) is 69.9 Å². The monoisotopic (exact) mass is 365 g/mol. The van der Waals surface area contributed by atoms with Crippen LogP contribution in [0, 0.1) is 6.92 Å². The number of nitrogens with one attached hydrogen (secondary N) is 2. The summed E-state index contributed by atoms with van der Waals surface area (Å²) in [5.41, 5.74) is 2.43. The highest BCUT2D eigenvalue weighted by molar-refractivity contribution is 5.93. The summed E-state index contributed by atoms with van der Waals surface area (Å²) >= 11 is 0. The molecule has 1 saturated heterocycles. The molecule has 0 aliphatic carbocycles. The molecule has 0 spiro atoms. The number of aromatic amines is 1. The first-order chi connectivity index (χ1) is 13.1. The van der Waals surface area contributed by atoms with Crippen molar-refractivity contribution in [2.75, 3.05) is 13.1 Å². The number of nitrogens with zero attached hydrogens (tertiary/aromatic N) is 3. The maximum atomic E-state index is 12.5. The first kappa shape index (κ1) is 17.5. The van der Waals surface area contributed by atoms with Gasteiger partial charge in [0.15, 0.2) is 5.69 Å². The molecule has 7 nitrogen and oxygen atoms in total. The van der Waals surface area contributed by atoms with Crippen LogP contribution in [-0.2, 0) is 6.54 Å². The standard InChI is InChI=1S/C20H23N5O2/c1-14-12-25-18(20(27)21-14)11-17(23-25)19(26)22-16-7-9-24(10-8-16)13-15-5-3-2-4-6-15/h2-6,11-12,16H,7-10,13H2,1H3,(H,21,27)(H,22,26). The lowest BCUT2D eigenvalue weighted by atomic mass is 10.0. The number of aryl methyl sites for hydroxylation is 1. The van der Waals surface area contributed by atoms with Crippen molar-refractivity contribution in [3.63, 3.8) is 0 Å². The third-order valence-corrected chi connectivity index (χ3v) is 5.00. The molecular formula is C20H23N5O2. The fourth-order valence-corrected chi connectivity index (χ4v) is 3.57. The molecule has 0 atom stereocenters. The lowest BCUT2D eigenvalue weighted by Crippen LogP contribution is -2.44. The van der Waals surface area contributed by atoms with E-state index in [4.69, 9.17) is 0 Å². The molecule has 0 unspecified atom stereocenters. The molecule has 3 aromatic rings. The van der Waals surface area contributed by atoms with Crippen LogP contribution in [-0.4, -0.2) is 44.5 Å². The minimum Gasteiger partial charge on any atom is -0.348 e. The Morgan fingerprint density at radius 1 is 1.26 bits per heavy atom. The second kappa shape index (κ2) is 7.36. The summed E-state index contributed by atoms with van der Waals surface area (Å²) in [5, 5.41) is 7.31. The van der Waals surface area contributed by atoms with Gasteiger partial charge in [-0.25, -0.2) is 4.52 Å². The van der Waals surface area contributed by atoms with E-state index < -0.39 is 0 Å². The highest BCUT2D eigenvalue weighted by Gasteiger charge is 2.22. The lowest BCUT2D eigenvalue weighted by molar-refractivity contribution is 0.0903. The van der Waals surface area contributed by atoms with Crippen molar-refractivity contribution in [2.45, 2.75) is 32.4 Å². The van der Waals surface area contributed by atoms with Gasteiger partial charge in [-0.3, -0.25) is 14.5 Å². The van der Waals surface area contributed by atoms with E-state index in [9.17, 15) is 9.59 Å². The van der Waals surface area contributed by atoms with Crippen LogP contribution in [0.1, 0.15) is 34.6 Å². The molecule has 2 N–H and O–H groups in total. The smallest absolute Gasteiger partial charge is 0.274 e. The van der Waals surface area contributed by atoms with Gasteiger partial charge in [-0.05, 0) is 25.3 Å². The minimum atomic E-state index is -0.240. The van der Waals surface area contributed by atoms with Gasteiger partial charge in [0.2, 0.25) is 0 Å². The molecule has 140 valence electrons. The number of fused-ring (bicyclic) bond motifs is 1. The number of amides is 1. The maximum absolute atomic E-state index is 12.5. The van der Waals surface area contributed by atoms with Crippen LogP contribution in [0.3, 0.4) is 0 Å². The molecule has 3 heterocycles. The summed E-state index contributed by atoms with van der Waals surface area (Å²) < 4.78 is 1.46. The normalized spacial score (nSPS) is 15.9. The molecule has 0 saturated carbocycles. The predicted octanol–water partition coefficient (Wildman–Crippen LogP) is 1.73. The Hall–Kier alpha value is -2.93. The third kappa shape index (κ3) is 3.93. The molecule has 0 bridgehead atoms. The zero-order valence-electron chi connectivity index (χ0n) is 15.3. The molecule has 0 radical (unpaired) electrons. The average Bonchev–Trinajstić information content (AvgIpc) is 3.09. The fourth-order valence-electron chi connectivity index (χ4n) is 3.57. The van der Waals surface area contributed by atoms with E-state index in [0.29, 0.717) is 11.2 Å². The number of benzene rings is 1. The predicted molar refractivity (Wildman–Crippen MR) is 103 cm³/mol. The molecule has 1 fully saturated rings. The van der Waals surface area contributed by atoms with Crippen LogP contribution in [0.5, 0.6) is 0 Å². The number of hydrogen-bond donors (Lipinski definition) is 2. The number of rotatable bonds is 4. The van der Waals surface area contributed by atoms with E-state index in [0.717, 1.165) is 32.5 Å². The van der Waals surface area contributed by atoms with Gasteiger partial charge in [-0.1, -0.05) is 30.3 Å². The summed E-state index contributed by atoms with van der Waals surface area (Å²) in [7, 11) is 0. The van der Waals surface area contributed by atoms with E-state index in [1.807, 2.05) is 6.07 Å². The van der Waals surface area contributed by atoms with Crippen molar-refractivity contribution in [1.29, 1.82) is 0 Å². The number of piperidine rings is 1. The third-order valence-electron chi connectivity index (χ3n) is 5.00. The molecule has 7 heteroatoms. The second-order valence-electron chi connectivity index (χ2n) is 7.14. The summed E-state index contributed by atoms with van der Waals surface area (Å²) in [4.78, 5) is 29.6. The maximum Gasteiger partial charge on any atom is 0.274 e. The van der Waals surface area contributed by atoms with Crippen molar-refractivity contribution >= 4 is 11.4 Å². The van der Waals surface area contributed by atoms with E-state index in [1.165, 1.54) is 16.1 Å². The Morgan fingerprint density at radius 2 is 2.00 bits per heavy atom. The zero-order chi connectivity index (χ0) is 18.8. The van der Waals surface area contributed by atoms with E-state index in [-0.39, 0.29) is 23.2 Å². The number of carbonyl (C=O) groups excluding carboxylic acids is 1. The average molecular weight is 365 g/mol. The first-order valence-electron chi connectivity index (χ1n) is 9.25. The van der Waals surface area contributed by atoms with Gasteiger partial charge in [0.25, 0.3) is 11.5 Å². The van der Waals surface area contributed by atoms with Crippen LogP contribution >= 0.6 is 0 Å². The SMILES string of the molecule is Cc1cn2nc(C(=O)NC3CCN(Cc4ccccc4)CC3)cc2c(=O)[nH]1. The van der Waals surface area contributed by atoms with Crippen LogP contribution in [0.2, 0.25) is 0 Å². The summed E-state index contributed by atoms with van der Waals surface area (Å²) in [6, 6.07) is 12.1. The summed E-state index contributed by atoms with van der Waals surface area (Å²) in [6.07, 6.45) is 3.52. The van der Waals surface area contributed by atoms with Crippen molar-refractivity contribution in [3.8, 4) is 0 Å². The van der Waals surface area contributed by atoms with Crippen LogP contribution in [0.4, 0.5) is 0 Å². The largest absolute Gasteiger partial charge is 0.348 e. The fraction of sp³-hybridized carbons (Fsp3) is 0.350. The quantitative estimate of drug-likeness (QED) is 0.738. The highest BCUT2D eigenvalue weighted by atomic mass is 16.2. The molecule has 4 rings (SSSR count). The van der Waals surface area contributed by atoms with Crippen molar-refractivity contribution in [1.82, 2.24) is 24.8 Å². The Balaban J connectivity index is 1.36. The van der Waals surface area contributed by atoms with Gasteiger partial charge in [0, 0.05) is 43.6 Å². The zero-order valence-corrected chi connectivity index (χ0v) is 15.3. The van der Waals surface area contributed by atoms with E-state index in [2.05, 4.69) is 44.6 Å². The Bertz CT molecular complexity index is 1000. The number of hydrogen-bond acceptors (Lipinski definition) is 4. The molecule has 1 aliphatic rings. The molecule has 27 heavy (non-hydrogen) atoms. The second-order valence-corrected chi connectivity index (χ2v) is 7.14. The number of H-pyrrole nitrogens is 1. The molecule has 1 aromatic carbocycles. The van der Waals surface area contributed by atoms with Gasteiger partial charge < -0.3 is 10.3 Å². The lowest BCUT2D eigenvalue weighted by Gasteiger charge is -2.32. The van der Waals surface area contributed by atoms with Crippen LogP contribution in [0.25, 0.3) is 5.52 Å². The van der Waals surface area contributed by atoms with Gasteiger partial charge in [0.1, 0.15) is 5.52 Å². The van der Waals surface area contributed by atoms with Gasteiger partial charge in [-0.15, -0.1) is 0 Å². The number of aromatic nitrogens is 3.